The molecule has 0 aliphatic heterocycles. The third-order valence-electron chi connectivity index (χ3n) is 6.33. The summed E-state index contributed by atoms with van der Waals surface area (Å²) in [6.45, 7) is 9.98. The van der Waals surface area contributed by atoms with E-state index in [4.69, 9.17) is 11.6 Å². The molecule has 0 radical (unpaired) electrons. The lowest BCUT2D eigenvalue weighted by molar-refractivity contribution is -0.141. The first-order valence-corrected chi connectivity index (χ1v) is 15.0. The maximum absolute atomic E-state index is 13.5. The molecule has 0 unspecified atom stereocenters. The highest BCUT2D eigenvalue weighted by Gasteiger charge is 2.30. The lowest BCUT2D eigenvalue weighted by Gasteiger charge is -2.32. The number of amides is 2. The summed E-state index contributed by atoms with van der Waals surface area (Å²) in [4.78, 5) is 28.2. The Morgan fingerprint density at radius 1 is 1.03 bits per heavy atom. The minimum Gasteiger partial charge on any atom is -0.352 e. The lowest BCUT2D eigenvalue weighted by atomic mass is 10.1. The third-order valence-corrected chi connectivity index (χ3v) is 7.89. The van der Waals surface area contributed by atoms with Gasteiger partial charge in [0.2, 0.25) is 21.8 Å². The van der Waals surface area contributed by atoms with Crippen LogP contribution in [0.3, 0.4) is 0 Å². The summed E-state index contributed by atoms with van der Waals surface area (Å²) in [5, 5.41) is 3.51. The number of hydrogen-bond donors (Lipinski definition) is 1. The Balaban J connectivity index is 2.26. The van der Waals surface area contributed by atoms with Gasteiger partial charge in [-0.15, -0.1) is 0 Å². The van der Waals surface area contributed by atoms with E-state index >= 15 is 0 Å². The van der Waals surface area contributed by atoms with Crippen LogP contribution in [0.2, 0.25) is 5.02 Å². The van der Waals surface area contributed by atoms with Crippen molar-refractivity contribution in [2.75, 3.05) is 17.1 Å². The molecule has 0 bridgehead atoms. The number of hydrogen-bond acceptors (Lipinski definition) is 4. The number of carbonyl (C=O) groups excluding carboxylic acids is 2. The van der Waals surface area contributed by atoms with E-state index in [1.807, 2.05) is 71.0 Å². The van der Waals surface area contributed by atoms with Crippen LogP contribution in [0, 0.1) is 13.8 Å². The second-order valence-electron chi connectivity index (χ2n) is 9.64. The van der Waals surface area contributed by atoms with Crippen LogP contribution in [0.1, 0.15) is 63.1 Å². The van der Waals surface area contributed by atoms with Gasteiger partial charge in [0.25, 0.3) is 0 Å². The van der Waals surface area contributed by atoms with Gasteiger partial charge < -0.3 is 10.2 Å². The molecular weight excluding hydrogens is 510 g/mol. The number of benzene rings is 2. The molecule has 204 valence electrons. The van der Waals surface area contributed by atoms with E-state index in [-0.39, 0.29) is 37.4 Å². The largest absolute Gasteiger partial charge is 0.352 e. The summed E-state index contributed by atoms with van der Waals surface area (Å²) >= 11 is 6.38. The molecule has 0 aromatic heterocycles. The molecule has 2 aromatic rings. The summed E-state index contributed by atoms with van der Waals surface area (Å²) in [5.74, 6) is -0.426. The van der Waals surface area contributed by atoms with Gasteiger partial charge in [-0.05, 0) is 74.9 Å². The topological polar surface area (TPSA) is 86.8 Å². The van der Waals surface area contributed by atoms with Crippen LogP contribution >= 0.6 is 11.6 Å². The molecule has 9 heteroatoms. The molecular formula is C28H40ClN3O4S. The van der Waals surface area contributed by atoms with Gasteiger partial charge in [-0.3, -0.25) is 13.9 Å². The number of nitrogens with zero attached hydrogens (tertiary/aromatic N) is 2. The minimum atomic E-state index is -3.55. The fraction of sp³-hybridized carbons (Fsp3) is 0.500. The van der Waals surface area contributed by atoms with Crippen molar-refractivity contribution in [1.29, 1.82) is 0 Å². The molecule has 37 heavy (non-hydrogen) atoms. The fourth-order valence-corrected chi connectivity index (χ4v) is 5.41. The Morgan fingerprint density at radius 2 is 1.65 bits per heavy atom. The highest BCUT2D eigenvalue weighted by atomic mass is 35.5. The predicted molar refractivity (Wildman–Crippen MR) is 151 cm³/mol. The highest BCUT2D eigenvalue weighted by Crippen LogP contribution is 2.23. The third kappa shape index (κ3) is 9.04. The molecule has 2 aromatic carbocycles. The van der Waals surface area contributed by atoms with E-state index in [9.17, 15) is 18.0 Å². The van der Waals surface area contributed by atoms with Crippen molar-refractivity contribution in [2.24, 2.45) is 0 Å². The van der Waals surface area contributed by atoms with Gasteiger partial charge >= 0.3 is 0 Å². The van der Waals surface area contributed by atoms with Gasteiger partial charge in [0.1, 0.15) is 6.04 Å². The normalized spacial score (nSPS) is 13.1. The van der Waals surface area contributed by atoms with E-state index in [1.165, 1.54) is 10.6 Å². The van der Waals surface area contributed by atoms with Gasteiger partial charge in [-0.1, -0.05) is 49.7 Å². The molecule has 0 saturated carbocycles. The predicted octanol–water partition coefficient (Wildman–Crippen LogP) is 5.23. The second-order valence-corrected chi connectivity index (χ2v) is 12.0. The molecule has 2 atom stereocenters. The van der Waals surface area contributed by atoms with Gasteiger partial charge in [-0.2, -0.15) is 0 Å². The van der Waals surface area contributed by atoms with Crippen molar-refractivity contribution in [3.63, 3.8) is 0 Å². The number of rotatable bonds is 13. The lowest BCUT2D eigenvalue weighted by Crippen LogP contribution is -2.50. The van der Waals surface area contributed by atoms with Crippen molar-refractivity contribution >= 4 is 39.1 Å². The Kier molecular flexibility index (Phi) is 11.4. The van der Waals surface area contributed by atoms with Crippen LogP contribution in [-0.4, -0.2) is 50.0 Å². The van der Waals surface area contributed by atoms with Crippen LogP contribution in [0.15, 0.2) is 42.5 Å². The van der Waals surface area contributed by atoms with Crippen molar-refractivity contribution in [3.05, 3.63) is 64.2 Å². The molecule has 1 N–H and O–H groups in total. The Hall–Kier alpha value is -2.58. The zero-order valence-electron chi connectivity index (χ0n) is 22.8. The van der Waals surface area contributed by atoms with Crippen molar-refractivity contribution < 1.29 is 18.0 Å². The van der Waals surface area contributed by atoms with Gasteiger partial charge in [-0.25, -0.2) is 8.42 Å². The molecule has 0 saturated heterocycles. The Morgan fingerprint density at radius 3 is 2.19 bits per heavy atom. The number of sulfonamides is 1. The maximum Gasteiger partial charge on any atom is 0.243 e. The standard InChI is InChI=1S/C28H40ClN3O4S/c1-7-22(5)30-28(34)26(8-2)31(19-23-12-9-10-13-25(23)29)27(33)14-11-15-32(37(6,35)36)24-17-20(3)16-21(4)18-24/h9-10,12-13,16-18,22,26H,7-8,11,14-15,19H2,1-6H3,(H,30,34)/t22-,26+/m0/s1. The molecule has 0 aliphatic carbocycles. The monoisotopic (exact) mass is 549 g/mol. The first-order chi connectivity index (χ1) is 17.4. The quantitative estimate of drug-likeness (QED) is 0.371. The number of carbonyl (C=O) groups is 2. The summed E-state index contributed by atoms with van der Waals surface area (Å²) in [5.41, 5.74) is 3.26. The highest BCUT2D eigenvalue weighted by molar-refractivity contribution is 7.92. The molecule has 0 fully saturated rings. The molecule has 0 aliphatic rings. The molecule has 0 heterocycles. The zero-order valence-corrected chi connectivity index (χ0v) is 24.3. The van der Waals surface area contributed by atoms with Crippen LogP contribution in [-0.2, 0) is 26.2 Å². The number of anilines is 1. The SMILES string of the molecule is CC[C@H](C(=O)N[C@@H](C)CC)N(Cc1ccccc1Cl)C(=O)CCCN(c1cc(C)cc(C)c1)S(C)(=O)=O. The Bertz CT molecular complexity index is 1170. The van der Waals surface area contributed by atoms with Crippen LogP contribution < -0.4 is 9.62 Å². The number of halogens is 1. The number of nitrogens with one attached hydrogen (secondary N) is 1. The van der Waals surface area contributed by atoms with E-state index in [1.54, 1.807) is 11.0 Å². The van der Waals surface area contributed by atoms with Gasteiger partial charge in [0.05, 0.1) is 11.9 Å². The van der Waals surface area contributed by atoms with Crippen LogP contribution in [0.5, 0.6) is 0 Å². The summed E-state index contributed by atoms with van der Waals surface area (Å²) in [6.07, 6.45) is 2.79. The molecule has 0 spiro atoms. The average molecular weight is 550 g/mol. The molecule has 2 rings (SSSR count). The van der Waals surface area contributed by atoms with Crippen molar-refractivity contribution in [3.8, 4) is 0 Å². The average Bonchev–Trinajstić information content (AvgIpc) is 2.81. The maximum atomic E-state index is 13.5. The van der Waals surface area contributed by atoms with E-state index in [2.05, 4.69) is 5.32 Å². The molecule has 7 nitrogen and oxygen atoms in total. The van der Waals surface area contributed by atoms with Gasteiger partial charge in [0.15, 0.2) is 0 Å². The minimum absolute atomic E-state index is 0.0140. The van der Waals surface area contributed by atoms with Gasteiger partial charge in [0, 0.05) is 30.6 Å². The smallest absolute Gasteiger partial charge is 0.243 e. The second kappa shape index (κ2) is 13.8. The first-order valence-electron chi connectivity index (χ1n) is 12.8. The summed E-state index contributed by atoms with van der Waals surface area (Å²) < 4.78 is 26.5. The number of aryl methyl sites for hydroxylation is 2. The zero-order chi connectivity index (χ0) is 27.8. The van der Waals surface area contributed by atoms with Crippen LogP contribution in [0.25, 0.3) is 0 Å². The van der Waals surface area contributed by atoms with E-state index in [0.29, 0.717) is 23.6 Å². The van der Waals surface area contributed by atoms with E-state index in [0.717, 1.165) is 23.1 Å². The van der Waals surface area contributed by atoms with Crippen molar-refractivity contribution in [1.82, 2.24) is 10.2 Å². The molecule has 2 amide bonds. The van der Waals surface area contributed by atoms with Crippen molar-refractivity contribution in [2.45, 2.75) is 78.9 Å². The Labute approximate surface area is 227 Å². The summed E-state index contributed by atoms with van der Waals surface area (Å²) in [6, 6.07) is 12.2. The van der Waals surface area contributed by atoms with Crippen LogP contribution in [0.4, 0.5) is 5.69 Å². The summed E-state index contributed by atoms with van der Waals surface area (Å²) in [7, 11) is -3.55. The fourth-order valence-electron chi connectivity index (χ4n) is 4.27. The first kappa shape index (κ1) is 30.6. The van der Waals surface area contributed by atoms with E-state index < -0.39 is 16.1 Å².